The Bertz CT molecular complexity index is 917. The molecule has 0 unspecified atom stereocenters. The van der Waals surface area contributed by atoms with Gasteiger partial charge >= 0.3 is 10.2 Å². The van der Waals surface area contributed by atoms with Crippen LogP contribution in [0.3, 0.4) is 0 Å². The molecule has 132 valence electrons. The number of benzene rings is 2. The summed E-state index contributed by atoms with van der Waals surface area (Å²) in [6.07, 6.45) is 0. The van der Waals surface area contributed by atoms with Crippen molar-refractivity contribution in [2.75, 3.05) is 11.9 Å². The van der Waals surface area contributed by atoms with Gasteiger partial charge in [0, 0.05) is 17.8 Å². The van der Waals surface area contributed by atoms with Crippen molar-refractivity contribution in [2.24, 2.45) is 0 Å². The highest BCUT2D eigenvalue weighted by Gasteiger charge is 2.13. The van der Waals surface area contributed by atoms with E-state index >= 15 is 0 Å². The van der Waals surface area contributed by atoms with Crippen molar-refractivity contribution in [2.45, 2.75) is 4.90 Å². The first-order valence-corrected chi connectivity index (χ1v) is 8.76. The summed E-state index contributed by atoms with van der Waals surface area (Å²) in [5.74, 6) is -0.319. The van der Waals surface area contributed by atoms with E-state index in [1.165, 1.54) is 30.3 Å². The van der Waals surface area contributed by atoms with Gasteiger partial charge in [-0.15, -0.1) is 3.89 Å². The summed E-state index contributed by atoms with van der Waals surface area (Å²) in [7, 11) is -4.80. The molecule has 25 heavy (non-hydrogen) atoms. The molecule has 0 saturated heterocycles. The second-order valence-electron chi connectivity index (χ2n) is 4.67. The van der Waals surface area contributed by atoms with Crippen LogP contribution in [0.4, 0.5) is 15.3 Å². The third kappa shape index (κ3) is 5.22. The topological polar surface area (TPSA) is 116 Å². The van der Waals surface area contributed by atoms with Crippen LogP contribution in [0.15, 0.2) is 51.8 Å². The van der Waals surface area contributed by atoms with E-state index in [0.29, 0.717) is 4.47 Å². The van der Waals surface area contributed by atoms with E-state index in [2.05, 4.69) is 21.2 Å². The highest BCUT2D eigenvalue weighted by atomic mass is 79.9. The van der Waals surface area contributed by atoms with E-state index in [4.69, 9.17) is 4.74 Å². The lowest BCUT2D eigenvalue weighted by molar-refractivity contribution is -0.384. The molecule has 0 aliphatic carbocycles. The van der Waals surface area contributed by atoms with Crippen molar-refractivity contribution in [1.82, 2.24) is 0 Å². The number of halogens is 2. The average molecular weight is 433 g/mol. The van der Waals surface area contributed by atoms with Gasteiger partial charge < -0.3 is 10.1 Å². The molecule has 0 heterocycles. The number of anilines is 1. The van der Waals surface area contributed by atoms with Crippen LogP contribution in [0, 0.1) is 10.1 Å². The van der Waals surface area contributed by atoms with Gasteiger partial charge in [0.15, 0.2) is 6.61 Å². The van der Waals surface area contributed by atoms with Crippen LogP contribution < -0.4 is 10.1 Å². The average Bonchev–Trinajstić information content (AvgIpc) is 2.53. The number of nitro benzene ring substituents is 1. The first-order chi connectivity index (χ1) is 11.7. The number of hydrogen-bond acceptors (Lipinski definition) is 6. The Balaban J connectivity index is 1.96. The highest BCUT2D eigenvalue weighted by molar-refractivity contribution is 9.10. The molecule has 1 N–H and O–H groups in total. The fraction of sp³-hybridized carbons (Fsp3) is 0.0714. The first-order valence-electron chi connectivity index (χ1n) is 6.58. The molecule has 2 aromatic carbocycles. The molecule has 0 radical (unpaired) electrons. The molecule has 2 rings (SSSR count). The van der Waals surface area contributed by atoms with Crippen LogP contribution >= 0.6 is 15.9 Å². The minimum absolute atomic E-state index is 0.133. The zero-order valence-corrected chi connectivity index (χ0v) is 14.7. The van der Waals surface area contributed by atoms with Crippen molar-refractivity contribution in [1.29, 1.82) is 0 Å². The molecule has 0 fully saturated rings. The fourth-order valence-corrected chi connectivity index (χ4v) is 2.70. The van der Waals surface area contributed by atoms with Crippen molar-refractivity contribution in [3.8, 4) is 5.75 Å². The standard InChI is InChI=1S/C14H10BrFN2O6S/c15-12-7-10(18(20)21)3-6-13(12)24-8-14(19)17-9-1-4-11(5-2-9)25(16,22)23/h1-7H,8H2,(H,17,19). The SMILES string of the molecule is O=C(COc1ccc([N+](=O)[O-])cc1Br)Nc1ccc(S(=O)(=O)F)cc1. The zero-order chi connectivity index (χ0) is 18.6. The quantitative estimate of drug-likeness (QED) is 0.426. The summed E-state index contributed by atoms with van der Waals surface area (Å²) in [5, 5.41) is 13.1. The molecule has 8 nitrogen and oxygen atoms in total. The third-order valence-electron chi connectivity index (χ3n) is 2.90. The van der Waals surface area contributed by atoms with E-state index in [1.807, 2.05) is 0 Å². The van der Waals surface area contributed by atoms with Crippen molar-refractivity contribution >= 4 is 43.4 Å². The lowest BCUT2D eigenvalue weighted by Gasteiger charge is -2.09. The predicted molar refractivity (Wildman–Crippen MR) is 89.7 cm³/mol. The van der Waals surface area contributed by atoms with Crippen molar-refractivity contribution < 1.29 is 26.8 Å². The molecule has 0 aliphatic rings. The van der Waals surface area contributed by atoms with Crippen LogP contribution in [0.5, 0.6) is 5.75 Å². The molecule has 0 aliphatic heterocycles. The second kappa shape index (κ2) is 7.57. The van der Waals surface area contributed by atoms with Crippen molar-refractivity contribution in [3.05, 3.63) is 57.1 Å². The van der Waals surface area contributed by atoms with Crippen LogP contribution in [-0.2, 0) is 15.0 Å². The molecule has 1 amide bonds. The normalized spacial score (nSPS) is 11.0. The number of rotatable bonds is 6. The largest absolute Gasteiger partial charge is 0.483 e. The van der Waals surface area contributed by atoms with E-state index in [0.717, 1.165) is 12.1 Å². The van der Waals surface area contributed by atoms with Gasteiger partial charge in [-0.05, 0) is 46.3 Å². The molecule has 0 spiro atoms. The van der Waals surface area contributed by atoms with E-state index in [-0.39, 0.29) is 23.7 Å². The minimum atomic E-state index is -4.80. The Morgan fingerprint density at radius 3 is 2.40 bits per heavy atom. The Hall–Kier alpha value is -2.53. The lowest BCUT2D eigenvalue weighted by atomic mass is 10.3. The fourth-order valence-electron chi connectivity index (χ4n) is 1.76. The van der Waals surface area contributed by atoms with Crippen LogP contribution in [-0.4, -0.2) is 25.9 Å². The molecule has 11 heteroatoms. The van der Waals surface area contributed by atoms with Gasteiger partial charge in [-0.2, -0.15) is 8.42 Å². The number of carbonyl (C=O) groups is 1. The van der Waals surface area contributed by atoms with Gasteiger partial charge in [-0.1, -0.05) is 0 Å². The number of nitrogens with one attached hydrogen (secondary N) is 1. The maximum absolute atomic E-state index is 12.8. The number of hydrogen-bond donors (Lipinski definition) is 1. The number of nitro groups is 1. The zero-order valence-electron chi connectivity index (χ0n) is 12.3. The smallest absolute Gasteiger partial charge is 0.332 e. The maximum Gasteiger partial charge on any atom is 0.332 e. The van der Waals surface area contributed by atoms with Gasteiger partial charge in [0.2, 0.25) is 0 Å². The van der Waals surface area contributed by atoms with Crippen LogP contribution in [0.1, 0.15) is 0 Å². The van der Waals surface area contributed by atoms with Crippen molar-refractivity contribution in [3.63, 3.8) is 0 Å². The summed E-state index contributed by atoms with van der Waals surface area (Å²) < 4.78 is 39.7. The number of amides is 1. The molecular weight excluding hydrogens is 423 g/mol. The number of ether oxygens (including phenoxy) is 1. The van der Waals surface area contributed by atoms with Gasteiger partial charge in [0.25, 0.3) is 11.6 Å². The summed E-state index contributed by atoms with van der Waals surface area (Å²) in [6, 6.07) is 8.30. The number of nitrogens with zero attached hydrogens (tertiary/aromatic N) is 1. The van der Waals surface area contributed by atoms with E-state index < -0.39 is 25.9 Å². The Morgan fingerprint density at radius 2 is 1.88 bits per heavy atom. The Labute approximate surface area is 150 Å². The predicted octanol–water partition coefficient (Wildman–Crippen LogP) is 3.03. The van der Waals surface area contributed by atoms with Crippen LogP contribution in [0.25, 0.3) is 0 Å². The summed E-state index contributed by atoms with van der Waals surface area (Å²) >= 11 is 3.11. The molecule has 0 atom stereocenters. The third-order valence-corrected chi connectivity index (χ3v) is 4.36. The van der Waals surface area contributed by atoms with Gasteiger partial charge in [0.1, 0.15) is 5.75 Å². The second-order valence-corrected chi connectivity index (χ2v) is 6.87. The molecule has 2 aromatic rings. The Kier molecular flexibility index (Phi) is 5.69. The molecule has 0 aromatic heterocycles. The van der Waals surface area contributed by atoms with E-state index in [9.17, 15) is 27.2 Å². The summed E-state index contributed by atoms with van der Waals surface area (Å²) in [6.45, 7) is -0.389. The molecule has 0 saturated carbocycles. The van der Waals surface area contributed by atoms with Gasteiger partial charge in [-0.3, -0.25) is 14.9 Å². The first kappa shape index (κ1) is 18.8. The highest BCUT2D eigenvalue weighted by Crippen LogP contribution is 2.29. The maximum atomic E-state index is 12.8. The summed E-state index contributed by atoms with van der Waals surface area (Å²) in [4.78, 5) is 21.4. The van der Waals surface area contributed by atoms with Gasteiger partial charge in [0.05, 0.1) is 14.3 Å². The molecular formula is C14H10BrFN2O6S. The van der Waals surface area contributed by atoms with E-state index in [1.54, 1.807) is 0 Å². The van der Waals surface area contributed by atoms with Crippen LogP contribution in [0.2, 0.25) is 0 Å². The number of non-ortho nitro benzene ring substituents is 1. The lowest BCUT2D eigenvalue weighted by Crippen LogP contribution is -2.20. The molecule has 0 bridgehead atoms. The summed E-state index contributed by atoms with van der Waals surface area (Å²) in [5.41, 5.74) is 0.121. The monoisotopic (exact) mass is 432 g/mol. The Morgan fingerprint density at radius 1 is 1.24 bits per heavy atom. The number of carbonyl (C=O) groups excluding carboxylic acids is 1. The minimum Gasteiger partial charge on any atom is -0.483 e. The van der Waals surface area contributed by atoms with Gasteiger partial charge in [-0.25, -0.2) is 0 Å².